The molecule has 0 atom stereocenters. The smallest absolute Gasteiger partial charge is 0.283 e. The third-order valence-electron chi connectivity index (χ3n) is 4.26. The molecule has 8 nitrogen and oxygen atoms in total. The average molecular weight is 490 g/mol. The summed E-state index contributed by atoms with van der Waals surface area (Å²) in [5, 5.41) is 11.3. The van der Waals surface area contributed by atoms with Crippen molar-refractivity contribution in [3.8, 4) is 0 Å². The highest BCUT2D eigenvalue weighted by atomic mass is 79.9. The molecule has 0 saturated carbocycles. The molecular weight excluding hydrogens is 474 g/mol. The van der Waals surface area contributed by atoms with E-state index in [1.807, 2.05) is 0 Å². The number of hydrogen-bond donors (Lipinski definition) is 0. The summed E-state index contributed by atoms with van der Waals surface area (Å²) in [4.78, 5) is 29.2. The molecule has 0 aliphatic carbocycles. The van der Waals surface area contributed by atoms with Crippen molar-refractivity contribution in [2.24, 2.45) is 0 Å². The van der Waals surface area contributed by atoms with Crippen LogP contribution in [0, 0.1) is 10.1 Å². The second-order valence-electron chi connectivity index (χ2n) is 6.42. The first-order chi connectivity index (χ1) is 14.2. The second-order valence-corrected chi connectivity index (χ2v) is 9.25. The van der Waals surface area contributed by atoms with E-state index in [9.17, 15) is 23.3 Å². The Morgan fingerprint density at radius 3 is 2.53 bits per heavy atom. The normalized spacial score (nSPS) is 11.1. The fourth-order valence-corrected chi connectivity index (χ4v) is 4.16. The number of nitrogens with zero attached hydrogens (tertiary/aromatic N) is 3. The first kappa shape index (κ1) is 21.6. The maximum absolute atomic E-state index is 13.3. The van der Waals surface area contributed by atoms with E-state index >= 15 is 0 Å². The van der Waals surface area contributed by atoms with Gasteiger partial charge in [0.1, 0.15) is 0 Å². The van der Waals surface area contributed by atoms with Gasteiger partial charge in [-0.05, 0) is 51.8 Å². The Balaban J connectivity index is 2.14. The molecule has 0 aliphatic heterocycles. The van der Waals surface area contributed by atoms with Gasteiger partial charge in [-0.3, -0.25) is 19.9 Å². The molecule has 3 aromatic rings. The highest BCUT2D eigenvalue weighted by Gasteiger charge is 2.25. The molecule has 0 N–H and O–H groups in total. The number of nitro groups is 1. The van der Waals surface area contributed by atoms with E-state index in [-0.39, 0.29) is 28.4 Å². The number of halogens is 1. The number of aromatic nitrogens is 1. The van der Waals surface area contributed by atoms with Gasteiger partial charge in [-0.2, -0.15) is 0 Å². The summed E-state index contributed by atoms with van der Waals surface area (Å²) < 4.78 is 24.9. The highest BCUT2D eigenvalue weighted by molar-refractivity contribution is 9.10. The van der Waals surface area contributed by atoms with Crippen molar-refractivity contribution in [3.05, 3.63) is 92.7 Å². The van der Waals surface area contributed by atoms with Crippen LogP contribution in [-0.4, -0.2) is 30.5 Å². The van der Waals surface area contributed by atoms with Crippen LogP contribution in [-0.2, 0) is 16.4 Å². The van der Waals surface area contributed by atoms with Gasteiger partial charge in [-0.25, -0.2) is 8.42 Å². The molecule has 154 valence electrons. The summed E-state index contributed by atoms with van der Waals surface area (Å²) in [6.45, 7) is -0.0750. The Labute approximate surface area is 181 Å². The maximum Gasteiger partial charge on any atom is 0.283 e. The van der Waals surface area contributed by atoms with Gasteiger partial charge in [0.05, 0.1) is 32.1 Å². The molecule has 1 heterocycles. The van der Waals surface area contributed by atoms with E-state index in [4.69, 9.17) is 0 Å². The maximum atomic E-state index is 13.3. The topological polar surface area (TPSA) is 110 Å². The molecule has 0 bridgehead atoms. The largest absolute Gasteiger partial charge is 0.303 e. The molecule has 0 radical (unpaired) electrons. The van der Waals surface area contributed by atoms with Crippen LogP contribution < -0.4 is 4.90 Å². The van der Waals surface area contributed by atoms with E-state index in [1.165, 1.54) is 41.6 Å². The lowest BCUT2D eigenvalue weighted by Crippen LogP contribution is -2.31. The Kier molecular flexibility index (Phi) is 6.28. The zero-order chi connectivity index (χ0) is 21.9. The fraction of sp³-hybridized carbons (Fsp3) is 0.100. The monoisotopic (exact) mass is 489 g/mol. The van der Waals surface area contributed by atoms with Gasteiger partial charge in [0.15, 0.2) is 9.84 Å². The number of benzene rings is 2. The summed E-state index contributed by atoms with van der Waals surface area (Å²) in [7, 11) is -3.64. The van der Waals surface area contributed by atoms with Gasteiger partial charge in [-0.1, -0.05) is 18.2 Å². The number of carbonyl (C=O) groups excluding carboxylic acids is 1. The number of hydrogen-bond acceptors (Lipinski definition) is 6. The number of anilines is 1. The fourth-order valence-electron chi connectivity index (χ4n) is 2.88. The quantitative estimate of drug-likeness (QED) is 0.382. The third-order valence-corrected chi connectivity index (χ3v) is 6.07. The summed E-state index contributed by atoms with van der Waals surface area (Å²) in [5.74, 6) is -0.482. The Morgan fingerprint density at radius 2 is 1.90 bits per heavy atom. The zero-order valence-corrected chi connectivity index (χ0v) is 18.1. The number of rotatable bonds is 6. The predicted molar refractivity (Wildman–Crippen MR) is 115 cm³/mol. The van der Waals surface area contributed by atoms with Gasteiger partial charge < -0.3 is 4.90 Å². The predicted octanol–water partition coefficient (Wildman–Crippen LogP) is 4.00. The molecule has 3 rings (SSSR count). The number of amides is 1. The molecule has 0 saturated heterocycles. The van der Waals surface area contributed by atoms with Crippen LogP contribution >= 0.6 is 15.9 Å². The van der Waals surface area contributed by atoms with Crippen LogP contribution in [0.25, 0.3) is 0 Å². The minimum atomic E-state index is -3.64. The molecule has 1 amide bonds. The number of carbonyl (C=O) groups is 1. The van der Waals surface area contributed by atoms with E-state index in [1.54, 1.807) is 30.3 Å². The number of nitro benzene ring substituents is 1. The van der Waals surface area contributed by atoms with Gasteiger partial charge in [0.2, 0.25) is 0 Å². The van der Waals surface area contributed by atoms with Crippen LogP contribution in [0.1, 0.15) is 15.9 Å². The van der Waals surface area contributed by atoms with Gasteiger partial charge in [-0.15, -0.1) is 0 Å². The minimum Gasteiger partial charge on any atom is -0.303 e. The van der Waals surface area contributed by atoms with E-state index in [0.717, 1.165) is 6.26 Å². The zero-order valence-electron chi connectivity index (χ0n) is 15.7. The molecule has 0 fully saturated rings. The Hall–Kier alpha value is -3.11. The van der Waals surface area contributed by atoms with E-state index < -0.39 is 20.7 Å². The molecular formula is C20H16BrN3O5S. The van der Waals surface area contributed by atoms with Crippen molar-refractivity contribution in [2.75, 3.05) is 11.2 Å². The van der Waals surface area contributed by atoms with E-state index in [0.29, 0.717) is 10.0 Å². The lowest BCUT2D eigenvalue weighted by molar-refractivity contribution is -0.385. The average Bonchev–Trinajstić information content (AvgIpc) is 2.72. The van der Waals surface area contributed by atoms with Crippen LogP contribution in [0.5, 0.6) is 0 Å². The second kappa shape index (κ2) is 8.72. The molecule has 0 unspecified atom stereocenters. The number of para-hydroxylation sites is 1. The molecule has 10 heteroatoms. The van der Waals surface area contributed by atoms with Crippen molar-refractivity contribution in [1.82, 2.24) is 4.98 Å². The van der Waals surface area contributed by atoms with Crippen molar-refractivity contribution in [3.63, 3.8) is 0 Å². The first-order valence-electron chi connectivity index (χ1n) is 8.62. The van der Waals surface area contributed by atoms with Crippen molar-refractivity contribution in [1.29, 1.82) is 0 Å². The van der Waals surface area contributed by atoms with Crippen molar-refractivity contribution in [2.45, 2.75) is 11.4 Å². The molecule has 30 heavy (non-hydrogen) atoms. The first-order valence-corrected chi connectivity index (χ1v) is 11.3. The van der Waals surface area contributed by atoms with Crippen molar-refractivity contribution < 1.29 is 18.1 Å². The molecule has 0 spiro atoms. The summed E-state index contributed by atoms with van der Waals surface area (Å²) in [6.07, 6.45) is 3.95. The van der Waals surface area contributed by atoms with Gasteiger partial charge in [0.25, 0.3) is 11.6 Å². The van der Waals surface area contributed by atoms with Crippen LogP contribution in [0.4, 0.5) is 11.4 Å². The Morgan fingerprint density at radius 1 is 1.17 bits per heavy atom. The van der Waals surface area contributed by atoms with Crippen molar-refractivity contribution >= 4 is 43.0 Å². The van der Waals surface area contributed by atoms with Crippen LogP contribution in [0.3, 0.4) is 0 Å². The van der Waals surface area contributed by atoms with Crippen LogP contribution in [0.15, 0.2) is 76.4 Å². The standard InChI is InChI=1S/C20H16BrN3O5S/c1-30(28,29)19-7-3-2-6-17(19)23(20(25)15-5-4-10-22-12-15)13-14-8-9-16(21)18(11-14)24(26)27/h2-12H,13H2,1H3. The Bertz CT molecular complexity index is 1220. The third kappa shape index (κ3) is 4.71. The highest BCUT2D eigenvalue weighted by Crippen LogP contribution is 2.30. The lowest BCUT2D eigenvalue weighted by Gasteiger charge is -2.25. The molecule has 0 aliphatic rings. The minimum absolute atomic E-state index is 0.0196. The number of sulfone groups is 1. The number of pyridine rings is 1. The lowest BCUT2D eigenvalue weighted by atomic mass is 10.1. The van der Waals surface area contributed by atoms with E-state index in [2.05, 4.69) is 20.9 Å². The summed E-state index contributed by atoms with van der Waals surface area (Å²) in [5.41, 5.74) is 0.745. The molecule has 1 aromatic heterocycles. The molecule has 2 aromatic carbocycles. The SMILES string of the molecule is CS(=O)(=O)c1ccccc1N(Cc1ccc(Br)c([N+](=O)[O-])c1)C(=O)c1cccnc1. The van der Waals surface area contributed by atoms with Gasteiger partial charge >= 0.3 is 0 Å². The van der Waals surface area contributed by atoms with Gasteiger partial charge in [0, 0.05) is 24.7 Å². The summed E-state index contributed by atoms with van der Waals surface area (Å²) >= 11 is 3.14. The van der Waals surface area contributed by atoms with Crippen LogP contribution in [0.2, 0.25) is 0 Å². The summed E-state index contributed by atoms with van der Waals surface area (Å²) in [6, 6.07) is 13.8.